The van der Waals surface area contributed by atoms with E-state index in [-0.39, 0.29) is 29.5 Å². The van der Waals surface area contributed by atoms with Crippen LogP contribution in [0.3, 0.4) is 0 Å². The molecule has 102 valence electrons. The number of aromatic nitrogens is 1. The average molecular weight is 362 g/mol. The van der Waals surface area contributed by atoms with Crippen molar-refractivity contribution in [3.05, 3.63) is 29.6 Å². The van der Waals surface area contributed by atoms with Gasteiger partial charge in [0.2, 0.25) is 0 Å². The van der Waals surface area contributed by atoms with Gasteiger partial charge in [0.1, 0.15) is 0 Å². The molecule has 0 unspecified atom stereocenters. The van der Waals surface area contributed by atoms with Crippen molar-refractivity contribution in [3.63, 3.8) is 0 Å². The molecule has 0 radical (unpaired) electrons. The third-order valence-corrected chi connectivity index (χ3v) is 2.10. The van der Waals surface area contributed by atoms with Crippen molar-refractivity contribution in [2.75, 3.05) is 7.05 Å². The molecule has 0 spiro atoms. The Morgan fingerprint density at radius 2 is 2.00 bits per heavy atom. The summed E-state index contributed by atoms with van der Waals surface area (Å²) in [7, 11) is 1.77. The highest BCUT2D eigenvalue weighted by atomic mass is 127. The van der Waals surface area contributed by atoms with E-state index in [1.807, 2.05) is 25.1 Å². The molecule has 0 aromatic carbocycles. The van der Waals surface area contributed by atoms with Crippen molar-refractivity contribution in [2.24, 2.45) is 4.99 Å². The highest BCUT2D eigenvalue weighted by Crippen LogP contribution is 1.99. The van der Waals surface area contributed by atoms with Crippen LogP contribution in [0.4, 0.5) is 0 Å². The zero-order valence-electron chi connectivity index (χ0n) is 11.7. The molecule has 0 saturated carbocycles. The Bertz CT molecular complexity index is 396. The molecule has 1 heterocycles. The van der Waals surface area contributed by atoms with Crippen molar-refractivity contribution >= 4 is 29.9 Å². The fourth-order valence-electron chi connectivity index (χ4n) is 1.41. The van der Waals surface area contributed by atoms with E-state index in [2.05, 4.69) is 41.4 Å². The molecule has 4 nitrogen and oxygen atoms in total. The second-order valence-electron chi connectivity index (χ2n) is 5.07. The number of halogens is 1. The van der Waals surface area contributed by atoms with E-state index in [1.54, 1.807) is 7.05 Å². The zero-order valence-corrected chi connectivity index (χ0v) is 14.1. The number of aliphatic imine (C=N–C) groups is 1. The van der Waals surface area contributed by atoms with Gasteiger partial charge in [-0.25, -0.2) is 0 Å². The van der Waals surface area contributed by atoms with E-state index in [0.29, 0.717) is 6.54 Å². The summed E-state index contributed by atoms with van der Waals surface area (Å²) in [6, 6.07) is 6.01. The lowest BCUT2D eigenvalue weighted by Gasteiger charge is -2.23. The lowest BCUT2D eigenvalue weighted by molar-refractivity contribution is 0.501. The first-order chi connectivity index (χ1) is 7.90. The molecular formula is C13H23IN4. The molecule has 1 rings (SSSR count). The van der Waals surface area contributed by atoms with Crippen LogP contribution < -0.4 is 10.6 Å². The average Bonchev–Trinajstić information content (AvgIpc) is 2.23. The summed E-state index contributed by atoms with van der Waals surface area (Å²) >= 11 is 0. The standard InChI is InChI=1S/C13H22N4.HI/c1-10-7-6-8-11(16-10)9-15-12(14-5)17-13(2,3)4;/h6-8H,9H2,1-5H3,(H2,14,15,17);1H. The smallest absolute Gasteiger partial charge is 0.191 e. The summed E-state index contributed by atoms with van der Waals surface area (Å²) in [5, 5.41) is 6.55. The number of aryl methyl sites for hydroxylation is 1. The number of nitrogens with one attached hydrogen (secondary N) is 2. The van der Waals surface area contributed by atoms with E-state index in [1.165, 1.54) is 0 Å². The van der Waals surface area contributed by atoms with Crippen LogP contribution >= 0.6 is 24.0 Å². The molecule has 0 amide bonds. The second-order valence-corrected chi connectivity index (χ2v) is 5.07. The Balaban J connectivity index is 0.00000289. The van der Waals surface area contributed by atoms with Crippen LogP contribution in [0.15, 0.2) is 23.2 Å². The largest absolute Gasteiger partial charge is 0.352 e. The van der Waals surface area contributed by atoms with Gasteiger partial charge in [0.05, 0.1) is 12.2 Å². The van der Waals surface area contributed by atoms with Gasteiger partial charge in [-0.05, 0) is 39.8 Å². The molecule has 0 bridgehead atoms. The number of nitrogens with zero attached hydrogens (tertiary/aromatic N) is 2. The van der Waals surface area contributed by atoms with Gasteiger partial charge in [-0.3, -0.25) is 9.98 Å². The molecule has 0 aliphatic rings. The fourth-order valence-corrected chi connectivity index (χ4v) is 1.41. The Kier molecular flexibility index (Phi) is 7.20. The van der Waals surface area contributed by atoms with Crippen molar-refractivity contribution in [2.45, 2.75) is 39.8 Å². The minimum Gasteiger partial charge on any atom is -0.352 e. The van der Waals surface area contributed by atoms with E-state index in [4.69, 9.17) is 0 Å². The molecular weight excluding hydrogens is 339 g/mol. The molecule has 0 fully saturated rings. The Morgan fingerprint density at radius 1 is 1.33 bits per heavy atom. The molecule has 1 aromatic rings. The highest BCUT2D eigenvalue weighted by molar-refractivity contribution is 14.0. The molecule has 1 aromatic heterocycles. The number of guanidine groups is 1. The summed E-state index contributed by atoms with van der Waals surface area (Å²) in [4.78, 5) is 8.61. The Hall–Kier alpha value is -0.850. The molecule has 0 aliphatic carbocycles. The number of pyridine rings is 1. The molecule has 0 saturated heterocycles. The summed E-state index contributed by atoms with van der Waals surface area (Å²) in [6.45, 7) is 8.98. The predicted octanol–water partition coefficient (Wildman–Crippen LogP) is 2.47. The van der Waals surface area contributed by atoms with Gasteiger partial charge in [-0.1, -0.05) is 6.07 Å². The van der Waals surface area contributed by atoms with Crippen molar-refractivity contribution < 1.29 is 0 Å². The first-order valence-electron chi connectivity index (χ1n) is 5.82. The number of rotatable bonds is 2. The van der Waals surface area contributed by atoms with Crippen LogP contribution in [0.1, 0.15) is 32.2 Å². The van der Waals surface area contributed by atoms with Crippen LogP contribution in [0.5, 0.6) is 0 Å². The number of hydrogen-bond acceptors (Lipinski definition) is 2. The van der Waals surface area contributed by atoms with Crippen LogP contribution in [-0.2, 0) is 6.54 Å². The zero-order chi connectivity index (χ0) is 12.9. The normalized spacial score (nSPS) is 11.7. The van der Waals surface area contributed by atoms with E-state index >= 15 is 0 Å². The molecule has 0 atom stereocenters. The Labute approximate surface area is 127 Å². The Morgan fingerprint density at radius 3 is 2.50 bits per heavy atom. The SMILES string of the molecule is CN=C(NCc1cccc(C)n1)NC(C)(C)C.I. The van der Waals surface area contributed by atoms with Gasteiger partial charge < -0.3 is 10.6 Å². The summed E-state index contributed by atoms with van der Waals surface area (Å²) in [5.74, 6) is 0.792. The lowest BCUT2D eigenvalue weighted by atomic mass is 10.1. The summed E-state index contributed by atoms with van der Waals surface area (Å²) in [6.07, 6.45) is 0. The van der Waals surface area contributed by atoms with Gasteiger partial charge in [0, 0.05) is 18.3 Å². The maximum Gasteiger partial charge on any atom is 0.191 e. The monoisotopic (exact) mass is 362 g/mol. The minimum absolute atomic E-state index is 0. The number of hydrogen-bond donors (Lipinski definition) is 2. The van der Waals surface area contributed by atoms with Crippen LogP contribution in [0, 0.1) is 6.92 Å². The third-order valence-electron chi connectivity index (χ3n) is 2.10. The first-order valence-corrected chi connectivity index (χ1v) is 5.82. The minimum atomic E-state index is 0. The fraction of sp³-hybridized carbons (Fsp3) is 0.538. The van der Waals surface area contributed by atoms with Crippen molar-refractivity contribution in [1.82, 2.24) is 15.6 Å². The van der Waals surface area contributed by atoms with E-state index in [0.717, 1.165) is 17.3 Å². The quantitative estimate of drug-likeness (QED) is 0.483. The van der Waals surface area contributed by atoms with Crippen LogP contribution in [-0.4, -0.2) is 23.5 Å². The topological polar surface area (TPSA) is 49.3 Å². The molecule has 18 heavy (non-hydrogen) atoms. The van der Waals surface area contributed by atoms with Gasteiger partial charge in [-0.2, -0.15) is 0 Å². The maximum atomic E-state index is 4.43. The van der Waals surface area contributed by atoms with E-state index in [9.17, 15) is 0 Å². The summed E-state index contributed by atoms with van der Waals surface area (Å²) < 4.78 is 0. The maximum absolute atomic E-state index is 4.43. The molecule has 0 aliphatic heterocycles. The third kappa shape index (κ3) is 6.78. The van der Waals surface area contributed by atoms with E-state index < -0.39 is 0 Å². The first kappa shape index (κ1) is 17.2. The van der Waals surface area contributed by atoms with Crippen molar-refractivity contribution in [1.29, 1.82) is 0 Å². The second kappa shape index (κ2) is 7.56. The summed E-state index contributed by atoms with van der Waals surface area (Å²) in [5.41, 5.74) is 2.05. The van der Waals surface area contributed by atoms with Crippen molar-refractivity contribution in [3.8, 4) is 0 Å². The van der Waals surface area contributed by atoms with Crippen LogP contribution in [0.25, 0.3) is 0 Å². The van der Waals surface area contributed by atoms with Crippen LogP contribution in [0.2, 0.25) is 0 Å². The van der Waals surface area contributed by atoms with Gasteiger partial charge in [0.15, 0.2) is 5.96 Å². The van der Waals surface area contributed by atoms with Gasteiger partial charge in [-0.15, -0.1) is 24.0 Å². The molecule has 2 N–H and O–H groups in total. The molecule has 5 heteroatoms. The highest BCUT2D eigenvalue weighted by Gasteiger charge is 2.11. The van der Waals surface area contributed by atoms with Gasteiger partial charge >= 0.3 is 0 Å². The lowest BCUT2D eigenvalue weighted by Crippen LogP contribution is -2.47. The predicted molar refractivity (Wildman–Crippen MR) is 87.5 cm³/mol. The van der Waals surface area contributed by atoms with Gasteiger partial charge in [0.25, 0.3) is 0 Å².